The average Bonchev–Trinajstić information content (AvgIpc) is 3.03. The fourth-order valence-corrected chi connectivity index (χ4v) is 2.04. The Kier molecular flexibility index (Phi) is 4.05. The number of nitrogen functional groups attached to an aromatic ring is 1. The molecule has 22 heavy (non-hydrogen) atoms. The van der Waals surface area contributed by atoms with Crippen LogP contribution in [0.25, 0.3) is 22.9 Å². The highest BCUT2D eigenvalue weighted by Gasteiger charge is 2.10. The lowest BCUT2D eigenvalue weighted by molar-refractivity contribution is 0.317. The molecule has 0 spiro atoms. The largest absolute Gasteiger partial charge is 0.494 e. The molecule has 112 valence electrons. The highest BCUT2D eigenvalue weighted by atomic mass is 16.5. The van der Waals surface area contributed by atoms with Gasteiger partial charge in [-0.3, -0.25) is 0 Å². The Morgan fingerprint density at radius 3 is 2.41 bits per heavy atom. The molecule has 0 fully saturated rings. The molecule has 5 nitrogen and oxygen atoms in total. The van der Waals surface area contributed by atoms with Crippen LogP contribution in [0.3, 0.4) is 0 Å². The number of nitrogens with two attached hydrogens (primary N) is 1. The van der Waals surface area contributed by atoms with E-state index in [1.54, 1.807) is 6.07 Å². The van der Waals surface area contributed by atoms with E-state index in [0.29, 0.717) is 24.1 Å². The number of hydrogen-bond acceptors (Lipinski definition) is 5. The summed E-state index contributed by atoms with van der Waals surface area (Å²) in [5.41, 5.74) is 8.09. The number of anilines is 1. The molecular formula is C17H17N3O2. The monoisotopic (exact) mass is 295 g/mol. The van der Waals surface area contributed by atoms with Crippen molar-refractivity contribution in [2.75, 3.05) is 12.3 Å². The van der Waals surface area contributed by atoms with Crippen molar-refractivity contribution in [2.24, 2.45) is 0 Å². The molecule has 0 saturated heterocycles. The molecule has 1 heterocycles. The van der Waals surface area contributed by atoms with E-state index in [1.165, 1.54) is 0 Å². The fraction of sp³-hybridized carbons (Fsp3) is 0.176. The standard InChI is InChI=1S/C17H17N3O2/c1-2-10-21-15-8-6-12(7-9-15)16-19-20-17(22-16)13-4-3-5-14(18)11-13/h3-9,11H,2,10,18H2,1H3. The van der Waals surface area contributed by atoms with Crippen LogP contribution in [0.4, 0.5) is 5.69 Å². The van der Waals surface area contributed by atoms with Gasteiger partial charge < -0.3 is 14.9 Å². The van der Waals surface area contributed by atoms with E-state index < -0.39 is 0 Å². The van der Waals surface area contributed by atoms with Crippen LogP contribution in [0.15, 0.2) is 52.9 Å². The second-order valence-electron chi connectivity index (χ2n) is 4.91. The molecule has 0 radical (unpaired) electrons. The van der Waals surface area contributed by atoms with Crippen molar-refractivity contribution in [2.45, 2.75) is 13.3 Å². The zero-order chi connectivity index (χ0) is 15.4. The summed E-state index contributed by atoms with van der Waals surface area (Å²) < 4.78 is 11.3. The number of ether oxygens (including phenoxy) is 1. The molecule has 3 rings (SSSR count). The Labute approximate surface area is 128 Å². The highest BCUT2D eigenvalue weighted by molar-refractivity contribution is 5.61. The first-order valence-electron chi connectivity index (χ1n) is 7.19. The molecule has 0 aliphatic carbocycles. The van der Waals surface area contributed by atoms with Gasteiger partial charge in [0.05, 0.1) is 6.61 Å². The van der Waals surface area contributed by atoms with Crippen molar-refractivity contribution in [1.82, 2.24) is 10.2 Å². The number of aromatic nitrogens is 2. The van der Waals surface area contributed by atoms with Gasteiger partial charge in [-0.05, 0) is 48.9 Å². The van der Waals surface area contributed by atoms with Gasteiger partial charge >= 0.3 is 0 Å². The van der Waals surface area contributed by atoms with Crippen LogP contribution in [-0.2, 0) is 0 Å². The minimum absolute atomic E-state index is 0.452. The Balaban J connectivity index is 1.81. The van der Waals surface area contributed by atoms with E-state index in [1.807, 2.05) is 42.5 Å². The Morgan fingerprint density at radius 1 is 1.00 bits per heavy atom. The van der Waals surface area contributed by atoms with E-state index in [2.05, 4.69) is 17.1 Å². The van der Waals surface area contributed by atoms with Gasteiger partial charge in [0.15, 0.2) is 0 Å². The molecule has 5 heteroatoms. The lowest BCUT2D eigenvalue weighted by Crippen LogP contribution is -1.94. The van der Waals surface area contributed by atoms with Crippen molar-refractivity contribution in [1.29, 1.82) is 0 Å². The number of nitrogens with zero attached hydrogens (tertiary/aromatic N) is 2. The summed E-state index contributed by atoms with van der Waals surface area (Å²) in [7, 11) is 0. The topological polar surface area (TPSA) is 74.2 Å². The first-order chi connectivity index (χ1) is 10.8. The van der Waals surface area contributed by atoms with Gasteiger partial charge in [-0.25, -0.2) is 0 Å². The Morgan fingerprint density at radius 2 is 1.73 bits per heavy atom. The van der Waals surface area contributed by atoms with Crippen molar-refractivity contribution in [3.05, 3.63) is 48.5 Å². The first-order valence-corrected chi connectivity index (χ1v) is 7.19. The van der Waals surface area contributed by atoms with Crippen LogP contribution in [-0.4, -0.2) is 16.8 Å². The van der Waals surface area contributed by atoms with Gasteiger partial charge in [0.2, 0.25) is 11.8 Å². The van der Waals surface area contributed by atoms with Crippen LogP contribution in [0.5, 0.6) is 5.75 Å². The second-order valence-corrected chi connectivity index (χ2v) is 4.91. The van der Waals surface area contributed by atoms with Crippen LogP contribution >= 0.6 is 0 Å². The second kappa shape index (κ2) is 6.30. The minimum atomic E-state index is 0.452. The molecule has 0 atom stereocenters. The summed E-state index contributed by atoms with van der Waals surface area (Å²) in [5, 5.41) is 8.16. The first kappa shape index (κ1) is 14.1. The van der Waals surface area contributed by atoms with Gasteiger partial charge in [-0.1, -0.05) is 13.0 Å². The molecule has 0 amide bonds. The van der Waals surface area contributed by atoms with Gasteiger partial charge in [0.1, 0.15) is 5.75 Å². The van der Waals surface area contributed by atoms with Crippen LogP contribution < -0.4 is 10.5 Å². The summed E-state index contributed by atoms with van der Waals surface area (Å²) in [6.07, 6.45) is 0.981. The van der Waals surface area contributed by atoms with Gasteiger partial charge in [-0.15, -0.1) is 10.2 Å². The molecule has 1 aromatic heterocycles. The van der Waals surface area contributed by atoms with E-state index in [9.17, 15) is 0 Å². The Bertz CT molecular complexity index is 751. The number of hydrogen-bond donors (Lipinski definition) is 1. The van der Waals surface area contributed by atoms with Crippen LogP contribution in [0.1, 0.15) is 13.3 Å². The molecule has 0 unspecified atom stereocenters. The highest BCUT2D eigenvalue weighted by Crippen LogP contribution is 2.26. The summed E-state index contributed by atoms with van der Waals surface area (Å²) >= 11 is 0. The number of rotatable bonds is 5. The zero-order valence-electron chi connectivity index (χ0n) is 12.3. The predicted octanol–water partition coefficient (Wildman–Crippen LogP) is 3.77. The lowest BCUT2D eigenvalue weighted by atomic mass is 10.2. The molecule has 3 aromatic rings. The Hall–Kier alpha value is -2.82. The van der Waals surface area contributed by atoms with E-state index in [-0.39, 0.29) is 0 Å². The number of benzene rings is 2. The smallest absolute Gasteiger partial charge is 0.248 e. The average molecular weight is 295 g/mol. The van der Waals surface area contributed by atoms with Crippen LogP contribution in [0.2, 0.25) is 0 Å². The zero-order valence-corrected chi connectivity index (χ0v) is 12.3. The van der Waals surface area contributed by atoms with E-state index in [0.717, 1.165) is 23.3 Å². The summed E-state index contributed by atoms with van der Waals surface area (Å²) in [6, 6.07) is 15.0. The van der Waals surface area contributed by atoms with Crippen molar-refractivity contribution in [3.63, 3.8) is 0 Å². The molecule has 2 N–H and O–H groups in total. The van der Waals surface area contributed by atoms with Crippen molar-refractivity contribution in [3.8, 4) is 28.7 Å². The summed E-state index contributed by atoms with van der Waals surface area (Å²) in [5.74, 6) is 1.76. The lowest BCUT2D eigenvalue weighted by Gasteiger charge is -2.04. The van der Waals surface area contributed by atoms with Gasteiger partial charge in [-0.2, -0.15) is 0 Å². The van der Waals surface area contributed by atoms with Crippen molar-refractivity contribution >= 4 is 5.69 Å². The van der Waals surface area contributed by atoms with Gasteiger partial charge in [0.25, 0.3) is 0 Å². The molecular weight excluding hydrogens is 278 g/mol. The fourth-order valence-electron chi connectivity index (χ4n) is 2.04. The minimum Gasteiger partial charge on any atom is -0.494 e. The van der Waals surface area contributed by atoms with E-state index >= 15 is 0 Å². The maximum absolute atomic E-state index is 5.77. The summed E-state index contributed by atoms with van der Waals surface area (Å²) in [6.45, 7) is 2.78. The van der Waals surface area contributed by atoms with Crippen LogP contribution in [0, 0.1) is 0 Å². The third-order valence-electron chi connectivity index (χ3n) is 3.13. The normalized spacial score (nSPS) is 10.6. The van der Waals surface area contributed by atoms with E-state index in [4.69, 9.17) is 14.9 Å². The maximum Gasteiger partial charge on any atom is 0.248 e. The quantitative estimate of drug-likeness (QED) is 0.725. The maximum atomic E-state index is 5.77. The molecule has 0 aliphatic rings. The third kappa shape index (κ3) is 3.09. The SMILES string of the molecule is CCCOc1ccc(-c2nnc(-c3cccc(N)c3)o2)cc1. The van der Waals surface area contributed by atoms with Crippen molar-refractivity contribution < 1.29 is 9.15 Å². The molecule has 2 aromatic carbocycles. The third-order valence-corrected chi connectivity index (χ3v) is 3.13. The summed E-state index contributed by atoms with van der Waals surface area (Å²) in [4.78, 5) is 0. The molecule has 0 saturated carbocycles. The molecule has 0 bridgehead atoms. The molecule has 0 aliphatic heterocycles. The predicted molar refractivity (Wildman–Crippen MR) is 85.4 cm³/mol. The van der Waals surface area contributed by atoms with Gasteiger partial charge in [0, 0.05) is 16.8 Å².